The molecule has 1 aromatic rings. The van der Waals surface area contributed by atoms with E-state index < -0.39 is 29.7 Å². The van der Waals surface area contributed by atoms with Crippen molar-refractivity contribution in [3.8, 4) is 0 Å². The fourth-order valence-electron chi connectivity index (χ4n) is 2.67. The number of halogens is 3. The van der Waals surface area contributed by atoms with Crippen molar-refractivity contribution in [1.82, 2.24) is 5.32 Å². The summed E-state index contributed by atoms with van der Waals surface area (Å²) < 4.78 is 43.0. The molecule has 1 N–H and O–H groups in total. The molecule has 1 saturated carbocycles. The molecule has 0 unspecified atom stereocenters. The van der Waals surface area contributed by atoms with Crippen LogP contribution in [0, 0.1) is 0 Å². The lowest BCUT2D eigenvalue weighted by atomic mass is 9.95. The van der Waals surface area contributed by atoms with E-state index in [0.29, 0.717) is 6.07 Å². The monoisotopic (exact) mass is 343 g/mol. The minimum absolute atomic E-state index is 0.0703. The molecular formula is C17H20F3NO3. The number of nitrogens with one attached hydrogen (secondary N) is 1. The molecule has 0 spiro atoms. The van der Waals surface area contributed by atoms with E-state index in [1.54, 1.807) is 0 Å². The molecule has 4 nitrogen and oxygen atoms in total. The van der Waals surface area contributed by atoms with Gasteiger partial charge < -0.3 is 10.1 Å². The third-order valence-corrected chi connectivity index (χ3v) is 4.03. The standard InChI is InChI=1S/C17H20F3NO3/c1-11(15(22)21-14-8-3-2-4-9-14)24-16(23)12-6-5-7-13(10-12)17(18,19)20/h5-7,10-11,14H,2-4,8-9H2,1H3,(H,21,22)/t11-/m0/s1. The van der Waals surface area contributed by atoms with Gasteiger partial charge in [0.2, 0.25) is 0 Å². The Bertz CT molecular complexity index is 595. The van der Waals surface area contributed by atoms with Crippen LogP contribution in [0.1, 0.15) is 54.9 Å². The quantitative estimate of drug-likeness (QED) is 0.848. The van der Waals surface area contributed by atoms with Gasteiger partial charge in [0, 0.05) is 6.04 Å². The Kier molecular flexibility index (Phi) is 5.85. The number of hydrogen-bond acceptors (Lipinski definition) is 3. The SMILES string of the molecule is C[C@H](OC(=O)c1cccc(C(F)(F)F)c1)C(=O)NC1CCCCC1. The van der Waals surface area contributed by atoms with Crippen molar-refractivity contribution in [1.29, 1.82) is 0 Å². The number of esters is 1. The van der Waals surface area contributed by atoms with Crippen molar-refractivity contribution >= 4 is 11.9 Å². The molecule has 1 amide bonds. The van der Waals surface area contributed by atoms with Crippen LogP contribution < -0.4 is 5.32 Å². The fourth-order valence-corrected chi connectivity index (χ4v) is 2.67. The maximum Gasteiger partial charge on any atom is 0.416 e. The fraction of sp³-hybridized carbons (Fsp3) is 0.529. The number of amides is 1. The lowest BCUT2D eigenvalue weighted by Gasteiger charge is -2.24. The van der Waals surface area contributed by atoms with Gasteiger partial charge in [-0.1, -0.05) is 25.3 Å². The molecule has 24 heavy (non-hydrogen) atoms. The number of ether oxygens (including phenoxy) is 1. The molecule has 2 rings (SSSR count). The van der Waals surface area contributed by atoms with Crippen molar-refractivity contribution in [2.75, 3.05) is 0 Å². The Hall–Kier alpha value is -2.05. The van der Waals surface area contributed by atoms with Crippen molar-refractivity contribution < 1.29 is 27.5 Å². The Morgan fingerprint density at radius 3 is 2.50 bits per heavy atom. The highest BCUT2D eigenvalue weighted by Gasteiger charge is 2.31. The van der Waals surface area contributed by atoms with Crippen LogP contribution in [0.5, 0.6) is 0 Å². The van der Waals surface area contributed by atoms with Gasteiger partial charge in [-0.3, -0.25) is 4.79 Å². The Morgan fingerprint density at radius 2 is 1.88 bits per heavy atom. The van der Waals surface area contributed by atoms with Crippen molar-refractivity contribution in [2.24, 2.45) is 0 Å². The molecule has 1 aliphatic carbocycles. The molecule has 0 saturated heterocycles. The van der Waals surface area contributed by atoms with E-state index in [0.717, 1.165) is 44.2 Å². The highest BCUT2D eigenvalue weighted by atomic mass is 19.4. The third-order valence-electron chi connectivity index (χ3n) is 4.03. The van der Waals surface area contributed by atoms with E-state index in [1.165, 1.54) is 13.0 Å². The summed E-state index contributed by atoms with van der Waals surface area (Å²) in [7, 11) is 0. The third kappa shape index (κ3) is 4.97. The summed E-state index contributed by atoms with van der Waals surface area (Å²) in [6, 6.07) is 4.01. The van der Waals surface area contributed by atoms with Gasteiger partial charge in [-0.2, -0.15) is 13.2 Å². The van der Waals surface area contributed by atoms with Crippen molar-refractivity contribution in [2.45, 2.75) is 57.3 Å². The Balaban J connectivity index is 1.94. The van der Waals surface area contributed by atoms with E-state index in [9.17, 15) is 22.8 Å². The van der Waals surface area contributed by atoms with Crippen LogP contribution >= 0.6 is 0 Å². The zero-order chi connectivity index (χ0) is 17.7. The van der Waals surface area contributed by atoms with E-state index in [2.05, 4.69) is 5.32 Å². The summed E-state index contributed by atoms with van der Waals surface area (Å²) in [4.78, 5) is 24.0. The number of benzene rings is 1. The summed E-state index contributed by atoms with van der Waals surface area (Å²) >= 11 is 0. The molecule has 0 radical (unpaired) electrons. The van der Waals surface area contributed by atoms with Crippen LogP contribution in [0.4, 0.5) is 13.2 Å². The molecule has 1 fully saturated rings. The summed E-state index contributed by atoms with van der Waals surface area (Å²) in [5, 5.41) is 2.81. The van der Waals surface area contributed by atoms with Gasteiger partial charge in [0.25, 0.3) is 5.91 Å². The zero-order valence-corrected chi connectivity index (χ0v) is 13.4. The summed E-state index contributed by atoms with van der Waals surface area (Å²) in [6.07, 6.45) is -0.589. The van der Waals surface area contributed by atoms with Crippen LogP contribution in [-0.4, -0.2) is 24.0 Å². The number of carbonyl (C=O) groups is 2. The predicted molar refractivity (Wildman–Crippen MR) is 81.3 cm³/mol. The lowest BCUT2D eigenvalue weighted by molar-refractivity contribution is -0.137. The Labute approximate surface area is 138 Å². The second-order valence-corrected chi connectivity index (χ2v) is 5.97. The van der Waals surface area contributed by atoms with Gasteiger partial charge in [0.15, 0.2) is 6.10 Å². The van der Waals surface area contributed by atoms with Crippen molar-refractivity contribution in [3.63, 3.8) is 0 Å². The van der Waals surface area contributed by atoms with Gasteiger partial charge >= 0.3 is 12.1 Å². The summed E-state index contributed by atoms with van der Waals surface area (Å²) in [5.41, 5.74) is -1.17. The normalized spacial score (nSPS) is 17.2. The van der Waals surface area contributed by atoms with Crippen LogP contribution in [0.15, 0.2) is 24.3 Å². The van der Waals surface area contributed by atoms with Crippen LogP contribution in [0.25, 0.3) is 0 Å². The van der Waals surface area contributed by atoms with Gasteiger partial charge in [0.05, 0.1) is 11.1 Å². The smallest absolute Gasteiger partial charge is 0.416 e. The first-order valence-corrected chi connectivity index (χ1v) is 7.96. The van der Waals surface area contributed by atoms with Gasteiger partial charge in [0.1, 0.15) is 0 Å². The van der Waals surface area contributed by atoms with Crippen LogP contribution in [-0.2, 0) is 15.7 Å². The van der Waals surface area contributed by atoms with Gasteiger partial charge in [-0.25, -0.2) is 4.79 Å². The van der Waals surface area contributed by atoms with E-state index in [4.69, 9.17) is 4.74 Å². The number of hydrogen-bond donors (Lipinski definition) is 1. The van der Waals surface area contributed by atoms with E-state index in [1.807, 2.05) is 0 Å². The molecule has 1 aliphatic rings. The largest absolute Gasteiger partial charge is 0.449 e. The van der Waals surface area contributed by atoms with Crippen molar-refractivity contribution in [3.05, 3.63) is 35.4 Å². The lowest BCUT2D eigenvalue weighted by Crippen LogP contribution is -2.42. The molecular weight excluding hydrogens is 323 g/mol. The molecule has 7 heteroatoms. The van der Waals surface area contributed by atoms with Crippen LogP contribution in [0.3, 0.4) is 0 Å². The maximum atomic E-state index is 12.7. The second kappa shape index (κ2) is 7.68. The zero-order valence-electron chi connectivity index (χ0n) is 13.4. The molecule has 1 aromatic carbocycles. The first-order chi connectivity index (χ1) is 11.3. The maximum absolute atomic E-state index is 12.7. The molecule has 0 aromatic heterocycles. The minimum Gasteiger partial charge on any atom is -0.449 e. The summed E-state index contributed by atoms with van der Waals surface area (Å²) in [5.74, 6) is -1.38. The number of rotatable bonds is 4. The predicted octanol–water partition coefficient (Wildman–Crippen LogP) is 3.70. The molecule has 0 heterocycles. The first-order valence-electron chi connectivity index (χ1n) is 7.96. The topological polar surface area (TPSA) is 55.4 Å². The van der Waals surface area contributed by atoms with E-state index in [-0.39, 0.29) is 11.6 Å². The number of carbonyl (C=O) groups excluding carboxylic acids is 2. The molecule has 0 aliphatic heterocycles. The second-order valence-electron chi connectivity index (χ2n) is 5.97. The average molecular weight is 343 g/mol. The average Bonchev–Trinajstić information content (AvgIpc) is 2.55. The molecule has 132 valence electrons. The Morgan fingerprint density at radius 1 is 1.21 bits per heavy atom. The highest BCUT2D eigenvalue weighted by molar-refractivity contribution is 5.92. The number of alkyl halides is 3. The van der Waals surface area contributed by atoms with Gasteiger partial charge in [-0.05, 0) is 38.0 Å². The van der Waals surface area contributed by atoms with Crippen LogP contribution in [0.2, 0.25) is 0 Å². The first kappa shape index (κ1) is 18.3. The van der Waals surface area contributed by atoms with Gasteiger partial charge in [-0.15, -0.1) is 0 Å². The minimum atomic E-state index is -4.54. The molecule has 0 bridgehead atoms. The van der Waals surface area contributed by atoms with E-state index >= 15 is 0 Å². The summed E-state index contributed by atoms with van der Waals surface area (Å²) in [6.45, 7) is 1.41. The molecule has 1 atom stereocenters. The highest BCUT2D eigenvalue weighted by Crippen LogP contribution is 2.29.